The fourth-order valence-electron chi connectivity index (χ4n) is 3.25. The molecule has 2 aliphatic heterocycles. The molecule has 3 heterocycles. The minimum Gasteiger partial charge on any atom is -0.367 e. The van der Waals surface area contributed by atoms with Crippen LogP contribution in [0.2, 0.25) is 0 Å². The molecule has 2 aliphatic rings. The summed E-state index contributed by atoms with van der Waals surface area (Å²) in [4.78, 5) is 8.06. The second-order valence-electron chi connectivity index (χ2n) is 6.23. The molecule has 8 heteroatoms. The lowest BCUT2D eigenvalue weighted by atomic mass is 10.1. The fraction of sp³-hybridized carbons (Fsp3) is 0.733. The maximum Gasteiger partial charge on any atom is 0.281 e. The highest BCUT2D eigenvalue weighted by Gasteiger charge is 2.33. The van der Waals surface area contributed by atoms with Gasteiger partial charge in [-0.05, 0) is 31.7 Å². The van der Waals surface area contributed by atoms with E-state index in [1.54, 1.807) is 14.8 Å². The zero-order chi connectivity index (χ0) is 16.1. The number of aromatic nitrogens is 2. The normalized spacial score (nSPS) is 22.6. The third-order valence-electron chi connectivity index (χ3n) is 4.61. The summed E-state index contributed by atoms with van der Waals surface area (Å²) in [5, 5.41) is 3.36. The van der Waals surface area contributed by atoms with E-state index in [-0.39, 0.29) is 6.04 Å². The van der Waals surface area contributed by atoms with Gasteiger partial charge in [-0.25, -0.2) is 9.97 Å². The molecule has 0 radical (unpaired) electrons. The second kappa shape index (κ2) is 7.55. The molecule has 1 aromatic rings. The van der Waals surface area contributed by atoms with Gasteiger partial charge < -0.3 is 5.32 Å². The van der Waals surface area contributed by atoms with Crippen LogP contribution in [0, 0.1) is 0 Å². The number of nitrogens with zero attached hydrogens (tertiary/aromatic N) is 4. The maximum atomic E-state index is 12.8. The van der Waals surface area contributed by atoms with Crippen LogP contribution in [-0.2, 0) is 10.2 Å². The van der Waals surface area contributed by atoms with Crippen molar-refractivity contribution in [3.63, 3.8) is 0 Å². The van der Waals surface area contributed by atoms with Gasteiger partial charge in [0.05, 0.1) is 0 Å². The lowest BCUT2D eigenvalue weighted by Crippen LogP contribution is -2.49. The molecule has 1 aromatic heterocycles. The van der Waals surface area contributed by atoms with Crippen LogP contribution >= 0.6 is 0 Å². The van der Waals surface area contributed by atoms with Crippen LogP contribution < -0.4 is 5.32 Å². The van der Waals surface area contributed by atoms with E-state index in [0.717, 1.165) is 44.3 Å². The zero-order valence-corrected chi connectivity index (χ0v) is 14.2. The van der Waals surface area contributed by atoms with Crippen LogP contribution in [0.5, 0.6) is 0 Å². The van der Waals surface area contributed by atoms with Crippen LogP contribution in [0.25, 0.3) is 0 Å². The molecule has 0 amide bonds. The summed E-state index contributed by atoms with van der Waals surface area (Å²) < 4.78 is 28.9. The van der Waals surface area contributed by atoms with E-state index < -0.39 is 10.2 Å². The number of nitrogens with one attached hydrogen (secondary N) is 1. The Bertz CT molecular complexity index is 579. The Morgan fingerprint density at radius 3 is 2.26 bits per heavy atom. The average molecular weight is 339 g/mol. The molecule has 0 spiro atoms. The van der Waals surface area contributed by atoms with Gasteiger partial charge in [-0.1, -0.05) is 12.8 Å². The number of hydrogen-bond acceptors (Lipinski definition) is 5. The quantitative estimate of drug-likeness (QED) is 0.899. The third kappa shape index (κ3) is 4.19. The van der Waals surface area contributed by atoms with Crippen LogP contribution in [0.1, 0.15) is 38.5 Å². The minimum atomic E-state index is -3.29. The molecular weight excluding hydrogens is 314 g/mol. The van der Waals surface area contributed by atoms with E-state index in [0.29, 0.717) is 26.2 Å². The molecule has 7 nitrogen and oxygen atoms in total. The Kier molecular flexibility index (Phi) is 5.45. The standard InChI is InChI=1S/C15H25N5O2S/c21-23(22,19-9-3-1-2-4-10-19)20-11-6-14(7-12-20)18-15-5-8-16-13-17-15/h5,8,13-14H,1-4,6-7,9-12H2,(H,16,17,18). The van der Waals surface area contributed by atoms with Gasteiger partial charge in [0, 0.05) is 38.4 Å². The molecule has 1 N–H and O–H groups in total. The van der Waals surface area contributed by atoms with Gasteiger partial charge >= 0.3 is 0 Å². The SMILES string of the molecule is O=S(=O)(N1CCCCCC1)N1CCC(Nc2ccncn2)CC1. The molecule has 2 fully saturated rings. The van der Waals surface area contributed by atoms with E-state index in [1.165, 1.54) is 6.33 Å². The Morgan fingerprint density at radius 2 is 1.65 bits per heavy atom. The van der Waals surface area contributed by atoms with Crippen molar-refractivity contribution in [1.82, 2.24) is 18.6 Å². The van der Waals surface area contributed by atoms with E-state index in [2.05, 4.69) is 15.3 Å². The van der Waals surface area contributed by atoms with Crippen molar-refractivity contribution >= 4 is 16.0 Å². The van der Waals surface area contributed by atoms with Crippen LogP contribution in [0.4, 0.5) is 5.82 Å². The monoisotopic (exact) mass is 339 g/mol. The topological polar surface area (TPSA) is 78.4 Å². The first-order chi connectivity index (χ1) is 11.2. The van der Waals surface area contributed by atoms with Gasteiger partial charge in [0.2, 0.25) is 0 Å². The first-order valence-electron chi connectivity index (χ1n) is 8.44. The number of anilines is 1. The van der Waals surface area contributed by atoms with Gasteiger partial charge in [0.25, 0.3) is 10.2 Å². The van der Waals surface area contributed by atoms with E-state index in [1.807, 2.05) is 6.07 Å². The smallest absolute Gasteiger partial charge is 0.281 e. The summed E-state index contributed by atoms with van der Waals surface area (Å²) in [6, 6.07) is 2.10. The highest BCUT2D eigenvalue weighted by molar-refractivity contribution is 7.86. The first kappa shape index (κ1) is 16.6. The fourth-order valence-corrected chi connectivity index (χ4v) is 4.97. The van der Waals surface area contributed by atoms with E-state index in [4.69, 9.17) is 0 Å². The molecule has 0 aliphatic carbocycles. The van der Waals surface area contributed by atoms with Crippen LogP contribution in [0.15, 0.2) is 18.6 Å². The number of hydrogen-bond donors (Lipinski definition) is 1. The average Bonchev–Trinajstić information content (AvgIpc) is 2.86. The predicted molar refractivity (Wildman–Crippen MR) is 89.2 cm³/mol. The molecule has 0 bridgehead atoms. The summed E-state index contributed by atoms with van der Waals surface area (Å²) in [5.74, 6) is 0.800. The van der Waals surface area contributed by atoms with Gasteiger partial charge in [-0.2, -0.15) is 17.0 Å². The lowest BCUT2D eigenvalue weighted by Gasteiger charge is -2.35. The highest BCUT2D eigenvalue weighted by Crippen LogP contribution is 2.21. The van der Waals surface area contributed by atoms with Crippen molar-refractivity contribution in [3.05, 3.63) is 18.6 Å². The van der Waals surface area contributed by atoms with Gasteiger partial charge in [-0.3, -0.25) is 0 Å². The summed E-state index contributed by atoms with van der Waals surface area (Å²) >= 11 is 0. The first-order valence-corrected chi connectivity index (χ1v) is 9.84. The maximum absolute atomic E-state index is 12.8. The molecular formula is C15H25N5O2S. The Balaban J connectivity index is 1.55. The second-order valence-corrected chi connectivity index (χ2v) is 8.16. The molecule has 0 saturated carbocycles. The summed E-state index contributed by atoms with van der Waals surface area (Å²) in [7, 11) is -3.29. The Morgan fingerprint density at radius 1 is 1.00 bits per heavy atom. The minimum absolute atomic E-state index is 0.264. The molecule has 0 atom stereocenters. The predicted octanol–water partition coefficient (Wildman–Crippen LogP) is 1.47. The van der Waals surface area contributed by atoms with Gasteiger partial charge in [0.15, 0.2) is 0 Å². The zero-order valence-electron chi connectivity index (χ0n) is 13.4. The summed E-state index contributed by atoms with van der Waals surface area (Å²) in [5.41, 5.74) is 0. The summed E-state index contributed by atoms with van der Waals surface area (Å²) in [6.07, 6.45) is 9.05. The van der Waals surface area contributed by atoms with Crippen molar-refractivity contribution in [2.75, 3.05) is 31.5 Å². The van der Waals surface area contributed by atoms with Crippen molar-refractivity contribution in [1.29, 1.82) is 0 Å². The number of rotatable bonds is 4. The Labute approximate surface area is 138 Å². The molecule has 23 heavy (non-hydrogen) atoms. The van der Waals surface area contributed by atoms with Crippen LogP contribution in [-0.4, -0.2) is 59.2 Å². The van der Waals surface area contributed by atoms with Gasteiger partial charge in [-0.15, -0.1) is 0 Å². The molecule has 2 saturated heterocycles. The molecule has 128 valence electrons. The largest absolute Gasteiger partial charge is 0.367 e. The number of piperidine rings is 1. The van der Waals surface area contributed by atoms with E-state index >= 15 is 0 Å². The van der Waals surface area contributed by atoms with Gasteiger partial charge in [0.1, 0.15) is 12.1 Å². The van der Waals surface area contributed by atoms with Crippen molar-refractivity contribution in [2.24, 2.45) is 0 Å². The van der Waals surface area contributed by atoms with Crippen molar-refractivity contribution < 1.29 is 8.42 Å². The van der Waals surface area contributed by atoms with Crippen molar-refractivity contribution in [3.8, 4) is 0 Å². The highest BCUT2D eigenvalue weighted by atomic mass is 32.2. The lowest BCUT2D eigenvalue weighted by molar-refractivity contribution is 0.294. The Hall–Kier alpha value is -1.25. The summed E-state index contributed by atoms with van der Waals surface area (Å²) in [6.45, 7) is 2.48. The van der Waals surface area contributed by atoms with Crippen LogP contribution in [0.3, 0.4) is 0 Å². The third-order valence-corrected chi connectivity index (χ3v) is 6.64. The molecule has 3 rings (SSSR count). The molecule has 0 unspecified atom stereocenters. The van der Waals surface area contributed by atoms with Crippen molar-refractivity contribution in [2.45, 2.75) is 44.6 Å². The molecule has 0 aromatic carbocycles. The van der Waals surface area contributed by atoms with E-state index in [9.17, 15) is 8.42 Å².